The molecule has 0 spiro atoms. The number of nitrogens with zero attached hydrogens (tertiary/aromatic N) is 2. The first-order valence-electron chi connectivity index (χ1n) is 11.3. The number of carbonyl (C=O) groups excluding carboxylic acids is 1. The van der Waals surface area contributed by atoms with Crippen LogP contribution in [0.1, 0.15) is 40.5 Å². The summed E-state index contributed by atoms with van der Waals surface area (Å²) in [5.74, 6) is 0.658. The lowest BCUT2D eigenvalue weighted by Crippen LogP contribution is -2.39. The van der Waals surface area contributed by atoms with Gasteiger partial charge in [0.15, 0.2) is 0 Å². The van der Waals surface area contributed by atoms with Crippen LogP contribution in [0.15, 0.2) is 60.7 Å². The molecule has 2 heterocycles. The van der Waals surface area contributed by atoms with Crippen LogP contribution < -0.4 is 4.74 Å². The number of aromatic nitrogens is 1. The van der Waals surface area contributed by atoms with Crippen molar-refractivity contribution in [1.29, 1.82) is 0 Å². The molecular formula is C27H29FN2O3. The molecule has 1 amide bonds. The molecule has 0 bridgehead atoms. The molecule has 1 atom stereocenters. The van der Waals surface area contributed by atoms with E-state index in [-0.39, 0.29) is 17.6 Å². The number of halogens is 1. The van der Waals surface area contributed by atoms with E-state index in [4.69, 9.17) is 14.5 Å². The summed E-state index contributed by atoms with van der Waals surface area (Å²) in [4.78, 5) is 19.8. The summed E-state index contributed by atoms with van der Waals surface area (Å²) in [7, 11) is 1.63. The van der Waals surface area contributed by atoms with Crippen LogP contribution in [0.5, 0.6) is 5.75 Å². The number of methoxy groups -OCH3 is 1. The van der Waals surface area contributed by atoms with Gasteiger partial charge in [-0.3, -0.25) is 9.78 Å². The third kappa shape index (κ3) is 5.76. The van der Waals surface area contributed by atoms with Crippen LogP contribution in [0, 0.1) is 12.7 Å². The summed E-state index contributed by atoms with van der Waals surface area (Å²) in [6.45, 7) is 4.33. The number of carbonyl (C=O) groups is 1. The van der Waals surface area contributed by atoms with Gasteiger partial charge in [0.25, 0.3) is 5.91 Å². The molecular weight excluding hydrogens is 419 g/mol. The second kappa shape index (κ2) is 10.6. The minimum Gasteiger partial charge on any atom is -0.491 e. The molecule has 0 aliphatic carbocycles. The van der Waals surface area contributed by atoms with E-state index in [0.717, 1.165) is 47.7 Å². The molecule has 33 heavy (non-hydrogen) atoms. The van der Waals surface area contributed by atoms with Crippen molar-refractivity contribution in [1.82, 2.24) is 9.88 Å². The van der Waals surface area contributed by atoms with Gasteiger partial charge < -0.3 is 14.4 Å². The maximum atomic E-state index is 13.3. The number of amides is 1. The van der Waals surface area contributed by atoms with Gasteiger partial charge in [-0.1, -0.05) is 12.1 Å². The molecule has 2 aromatic carbocycles. The zero-order valence-electron chi connectivity index (χ0n) is 19.1. The number of hydrogen-bond acceptors (Lipinski definition) is 4. The van der Waals surface area contributed by atoms with Crippen LogP contribution in [0.2, 0.25) is 0 Å². The van der Waals surface area contributed by atoms with E-state index < -0.39 is 0 Å². The Morgan fingerprint density at radius 1 is 1.06 bits per heavy atom. The summed E-state index contributed by atoms with van der Waals surface area (Å²) in [5, 5.41) is 0. The number of ether oxygens (including phenoxy) is 2. The SMILES string of the molecule is COCCOc1ccc(C(=O)N2CCC[C@H](c3cc(-c4ccc(F)cc4)cc(C)n3)C2)cc1. The molecule has 5 nitrogen and oxygen atoms in total. The van der Waals surface area contributed by atoms with Crippen molar-refractivity contribution in [2.45, 2.75) is 25.7 Å². The second-order valence-corrected chi connectivity index (χ2v) is 8.38. The minimum atomic E-state index is -0.249. The van der Waals surface area contributed by atoms with E-state index >= 15 is 0 Å². The predicted molar refractivity (Wildman–Crippen MR) is 126 cm³/mol. The van der Waals surface area contributed by atoms with E-state index in [1.54, 1.807) is 19.2 Å². The molecule has 0 saturated carbocycles. The van der Waals surface area contributed by atoms with Gasteiger partial charge in [0, 0.05) is 43.1 Å². The fraction of sp³-hybridized carbons (Fsp3) is 0.333. The first kappa shape index (κ1) is 22.9. The standard InChI is InChI=1S/C27H29FN2O3/c1-19-16-23(20-5-9-24(28)10-6-20)17-26(29-19)22-4-3-13-30(18-22)27(31)21-7-11-25(12-8-21)33-15-14-32-2/h5-12,16-17,22H,3-4,13-15,18H2,1-2H3/t22-/m0/s1. The Labute approximate surface area is 194 Å². The van der Waals surface area contributed by atoms with Crippen LogP contribution in [-0.2, 0) is 4.74 Å². The third-order valence-electron chi connectivity index (χ3n) is 5.94. The van der Waals surface area contributed by atoms with E-state index in [1.165, 1.54) is 12.1 Å². The number of benzene rings is 2. The van der Waals surface area contributed by atoms with Gasteiger partial charge in [0.1, 0.15) is 18.2 Å². The fourth-order valence-corrected chi connectivity index (χ4v) is 4.23. The molecule has 1 fully saturated rings. The van der Waals surface area contributed by atoms with Crippen LogP contribution in [0.25, 0.3) is 11.1 Å². The van der Waals surface area contributed by atoms with Gasteiger partial charge >= 0.3 is 0 Å². The first-order valence-corrected chi connectivity index (χ1v) is 11.3. The molecule has 1 aromatic heterocycles. The fourth-order valence-electron chi connectivity index (χ4n) is 4.23. The number of pyridine rings is 1. The van der Waals surface area contributed by atoms with Crippen LogP contribution in [0.3, 0.4) is 0 Å². The largest absolute Gasteiger partial charge is 0.491 e. The Hall–Kier alpha value is -3.25. The van der Waals surface area contributed by atoms with Gasteiger partial charge in [-0.25, -0.2) is 4.39 Å². The normalized spacial score (nSPS) is 16.0. The van der Waals surface area contributed by atoms with Gasteiger partial charge in [0.2, 0.25) is 0 Å². The summed E-state index contributed by atoms with van der Waals surface area (Å²) < 4.78 is 23.9. The number of hydrogen-bond donors (Lipinski definition) is 0. The second-order valence-electron chi connectivity index (χ2n) is 8.38. The Morgan fingerprint density at radius 3 is 2.55 bits per heavy atom. The van der Waals surface area contributed by atoms with Gasteiger partial charge in [-0.2, -0.15) is 0 Å². The molecule has 0 radical (unpaired) electrons. The molecule has 0 N–H and O–H groups in total. The van der Waals surface area contributed by atoms with E-state index in [1.807, 2.05) is 42.2 Å². The summed E-state index contributed by atoms with van der Waals surface area (Å²) >= 11 is 0. The van der Waals surface area contributed by atoms with Crippen LogP contribution in [0.4, 0.5) is 4.39 Å². The lowest BCUT2D eigenvalue weighted by molar-refractivity contribution is 0.0706. The highest BCUT2D eigenvalue weighted by Crippen LogP contribution is 2.30. The number of likely N-dealkylation sites (tertiary alicyclic amines) is 1. The van der Waals surface area contributed by atoms with Gasteiger partial charge in [-0.05, 0) is 79.4 Å². The monoisotopic (exact) mass is 448 g/mol. The Morgan fingerprint density at radius 2 is 1.82 bits per heavy atom. The first-order chi connectivity index (χ1) is 16.0. The van der Waals surface area contributed by atoms with Crippen molar-refractivity contribution in [2.24, 2.45) is 0 Å². The van der Waals surface area contributed by atoms with Crippen molar-refractivity contribution in [2.75, 3.05) is 33.4 Å². The predicted octanol–water partition coefficient (Wildman–Crippen LogP) is 5.24. The van der Waals surface area contributed by atoms with E-state index in [2.05, 4.69) is 6.07 Å². The quantitative estimate of drug-likeness (QED) is 0.464. The third-order valence-corrected chi connectivity index (χ3v) is 5.94. The van der Waals surface area contributed by atoms with Gasteiger partial charge in [-0.15, -0.1) is 0 Å². The highest BCUT2D eigenvalue weighted by atomic mass is 19.1. The average Bonchev–Trinajstić information content (AvgIpc) is 2.84. The van der Waals surface area contributed by atoms with Crippen molar-refractivity contribution >= 4 is 5.91 Å². The van der Waals surface area contributed by atoms with Crippen molar-refractivity contribution in [3.05, 3.63) is 83.4 Å². The van der Waals surface area contributed by atoms with Gasteiger partial charge in [0.05, 0.1) is 6.61 Å². The van der Waals surface area contributed by atoms with Crippen molar-refractivity contribution in [3.8, 4) is 16.9 Å². The maximum absolute atomic E-state index is 13.3. The summed E-state index contributed by atoms with van der Waals surface area (Å²) in [5.41, 5.74) is 4.52. The zero-order valence-corrected chi connectivity index (χ0v) is 19.1. The van der Waals surface area contributed by atoms with Crippen LogP contribution in [-0.4, -0.2) is 49.2 Å². The average molecular weight is 449 g/mol. The van der Waals surface area contributed by atoms with E-state index in [0.29, 0.717) is 25.3 Å². The lowest BCUT2D eigenvalue weighted by atomic mass is 9.92. The van der Waals surface area contributed by atoms with E-state index in [9.17, 15) is 9.18 Å². The lowest BCUT2D eigenvalue weighted by Gasteiger charge is -2.33. The number of rotatable bonds is 7. The molecule has 0 unspecified atom stereocenters. The summed E-state index contributed by atoms with van der Waals surface area (Å²) in [6, 6.07) is 17.9. The highest BCUT2D eigenvalue weighted by Gasteiger charge is 2.27. The number of aryl methyl sites for hydroxylation is 1. The minimum absolute atomic E-state index is 0.0227. The molecule has 172 valence electrons. The molecule has 4 rings (SSSR count). The molecule has 1 aliphatic heterocycles. The Bertz CT molecular complexity index is 1080. The zero-order chi connectivity index (χ0) is 23.2. The Balaban J connectivity index is 1.47. The maximum Gasteiger partial charge on any atom is 0.253 e. The van der Waals surface area contributed by atoms with Crippen molar-refractivity contribution in [3.63, 3.8) is 0 Å². The van der Waals surface area contributed by atoms with Crippen LogP contribution >= 0.6 is 0 Å². The molecule has 1 saturated heterocycles. The number of piperidine rings is 1. The topological polar surface area (TPSA) is 51.7 Å². The van der Waals surface area contributed by atoms with Crippen molar-refractivity contribution < 1.29 is 18.7 Å². The smallest absolute Gasteiger partial charge is 0.253 e. The highest BCUT2D eigenvalue weighted by molar-refractivity contribution is 5.94. The molecule has 6 heteroatoms. The summed E-state index contributed by atoms with van der Waals surface area (Å²) in [6.07, 6.45) is 1.91. The Kier molecular flexibility index (Phi) is 7.35. The molecule has 1 aliphatic rings. The molecule has 3 aromatic rings.